The first-order valence-electron chi connectivity index (χ1n) is 11.1. The van der Waals surface area contributed by atoms with Crippen LogP contribution in [0.2, 0.25) is 0 Å². The van der Waals surface area contributed by atoms with Gasteiger partial charge in [-0.25, -0.2) is 4.21 Å². The summed E-state index contributed by atoms with van der Waals surface area (Å²) >= 11 is 1.49. The molecule has 1 aliphatic heterocycles. The lowest BCUT2D eigenvalue weighted by Crippen LogP contribution is -2.33. The van der Waals surface area contributed by atoms with Crippen molar-refractivity contribution in [2.24, 2.45) is 8.80 Å². The monoisotopic (exact) mass is 555 g/mol. The molecule has 1 atom stereocenters. The lowest BCUT2D eigenvalue weighted by atomic mass is 10.1. The lowest BCUT2D eigenvalue weighted by molar-refractivity contribution is 0.0824. The number of phenolic OH excluding ortho intramolecular Hbond substituents is 1. The van der Waals surface area contributed by atoms with Gasteiger partial charge in [0.05, 0.1) is 24.1 Å². The summed E-state index contributed by atoms with van der Waals surface area (Å²) in [6, 6.07) is 5.15. The third-order valence-electron chi connectivity index (χ3n) is 4.33. The van der Waals surface area contributed by atoms with Crippen LogP contribution < -0.4 is 10.6 Å². The molecule has 0 aliphatic carbocycles. The fourth-order valence-electron chi connectivity index (χ4n) is 2.65. The van der Waals surface area contributed by atoms with Crippen LogP contribution >= 0.6 is 15.9 Å². The number of nitrogens with one attached hydrogen (secondary N) is 2. The topological polar surface area (TPSA) is 120 Å². The molecule has 1 amide bonds. The molecule has 3 N–H and O–H groups in total. The molecule has 0 fully saturated rings. The largest absolute Gasteiger partial charge is 0.505 e. The van der Waals surface area contributed by atoms with Gasteiger partial charge in [-0.05, 0) is 45.6 Å². The third kappa shape index (κ3) is 7.42. The van der Waals surface area contributed by atoms with Crippen LogP contribution in [-0.2, 0) is 17.7 Å². The van der Waals surface area contributed by atoms with Crippen LogP contribution in [0.25, 0.3) is 0 Å². The summed E-state index contributed by atoms with van der Waals surface area (Å²) in [7, 11) is 3.18. The number of carbonyl (C=O) groups is 1. The molecular formula is C23H34BrN5O4S. The van der Waals surface area contributed by atoms with E-state index in [0.29, 0.717) is 22.7 Å². The third-order valence-corrected chi connectivity index (χ3v) is 5.67. The van der Waals surface area contributed by atoms with Crippen molar-refractivity contribution >= 4 is 50.4 Å². The molecule has 188 valence electrons. The summed E-state index contributed by atoms with van der Waals surface area (Å²) in [6.45, 7) is 12.5. The minimum Gasteiger partial charge on any atom is -0.505 e. The lowest BCUT2D eigenvalue weighted by Gasteiger charge is -2.16. The minimum absolute atomic E-state index is 0.105. The molecule has 1 aromatic heterocycles. The molecule has 1 unspecified atom stereocenters. The molecular weight excluding hydrogens is 522 g/mol. The summed E-state index contributed by atoms with van der Waals surface area (Å²) in [4.78, 5) is 13.7. The molecule has 0 saturated carbocycles. The van der Waals surface area contributed by atoms with Crippen LogP contribution in [0.4, 0.5) is 5.69 Å². The maximum atomic E-state index is 12.4. The van der Waals surface area contributed by atoms with Crippen LogP contribution in [-0.4, -0.2) is 45.9 Å². The van der Waals surface area contributed by atoms with Gasteiger partial charge < -0.3 is 25.1 Å². The number of benzene rings is 1. The second-order valence-electron chi connectivity index (χ2n) is 7.11. The van der Waals surface area contributed by atoms with Gasteiger partial charge in [0.15, 0.2) is 17.4 Å². The van der Waals surface area contributed by atoms with E-state index in [1.165, 1.54) is 4.90 Å². The second kappa shape index (κ2) is 13.9. The molecule has 0 radical (unpaired) electrons. The Morgan fingerprint density at radius 1 is 1.18 bits per heavy atom. The number of carbonyl (C=O) groups excluding carboxylic acids is 1. The number of amides is 1. The highest BCUT2D eigenvalue weighted by molar-refractivity contribution is 9.10. The van der Waals surface area contributed by atoms with E-state index in [-0.39, 0.29) is 34.6 Å². The zero-order valence-electron chi connectivity index (χ0n) is 20.9. The Hall–Kier alpha value is -2.66. The van der Waals surface area contributed by atoms with Crippen LogP contribution in [0.5, 0.6) is 5.75 Å². The number of furan rings is 1. The maximum absolute atomic E-state index is 12.4. The van der Waals surface area contributed by atoms with Crippen LogP contribution in [0, 0.1) is 0 Å². The zero-order chi connectivity index (χ0) is 26.0. The normalized spacial score (nSPS) is 14.2. The average Bonchev–Trinajstić information content (AvgIpc) is 3.43. The number of hydrogen-bond donors (Lipinski definition) is 3. The maximum Gasteiger partial charge on any atom is 0.269 e. The van der Waals surface area contributed by atoms with Gasteiger partial charge in [-0.1, -0.05) is 41.5 Å². The predicted molar refractivity (Wildman–Crippen MR) is 143 cm³/mol. The molecule has 9 nitrogen and oxygen atoms in total. The fraction of sp³-hybridized carbons (Fsp3) is 0.435. The van der Waals surface area contributed by atoms with Gasteiger partial charge in [0.25, 0.3) is 17.1 Å². The quantitative estimate of drug-likeness (QED) is 0.435. The molecule has 1 aliphatic rings. The van der Waals surface area contributed by atoms with E-state index in [1.54, 1.807) is 32.5 Å². The van der Waals surface area contributed by atoms with E-state index in [1.807, 2.05) is 33.8 Å². The first kappa shape index (κ1) is 29.4. The molecule has 1 aromatic carbocycles. The average molecular weight is 557 g/mol. The van der Waals surface area contributed by atoms with E-state index < -0.39 is 11.2 Å². The highest BCUT2D eigenvalue weighted by atomic mass is 79.9. The Morgan fingerprint density at radius 2 is 1.79 bits per heavy atom. The summed E-state index contributed by atoms with van der Waals surface area (Å²) in [5, 5.41) is 16.6. The molecule has 34 heavy (non-hydrogen) atoms. The predicted octanol–water partition coefficient (Wildman–Crippen LogP) is 5.22. The Labute approximate surface area is 212 Å². The molecule has 11 heteroatoms. The fourth-order valence-corrected chi connectivity index (χ4v) is 3.77. The first-order chi connectivity index (χ1) is 16.2. The van der Waals surface area contributed by atoms with E-state index in [0.717, 1.165) is 5.56 Å². The van der Waals surface area contributed by atoms with Gasteiger partial charge in [-0.15, -0.1) is 8.80 Å². The van der Waals surface area contributed by atoms with Crippen molar-refractivity contribution < 1.29 is 18.5 Å². The molecule has 0 spiro atoms. The Bertz CT molecular complexity index is 1060. The summed E-state index contributed by atoms with van der Waals surface area (Å²) in [5.41, 5.74) is 1.41. The number of amidine groups is 2. The number of phenols is 1. The highest BCUT2D eigenvalue weighted by Gasteiger charge is 2.24. The first-order valence-corrected chi connectivity index (χ1v) is 12.9. The summed E-state index contributed by atoms with van der Waals surface area (Å²) in [5.74, 6) is 0.866. The Kier molecular flexibility index (Phi) is 12.0. The number of hydrogen-bond acceptors (Lipinski definition) is 6. The van der Waals surface area contributed by atoms with Gasteiger partial charge >= 0.3 is 0 Å². The number of aromatic hydroxyl groups is 1. The van der Waals surface area contributed by atoms with Gasteiger partial charge in [0.2, 0.25) is 0 Å². The van der Waals surface area contributed by atoms with E-state index in [2.05, 4.69) is 49.2 Å². The Balaban J connectivity index is 0.00000137. The molecule has 0 saturated heterocycles. The number of halogens is 1. The summed E-state index contributed by atoms with van der Waals surface area (Å²) < 4.78 is 25.7. The van der Waals surface area contributed by atoms with Crippen molar-refractivity contribution in [3.63, 3.8) is 0 Å². The van der Waals surface area contributed by atoms with Crippen LogP contribution in [0.3, 0.4) is 0 Å². The van der Waals surface area contributed by atoms with Crippen molar-refractivity contribution in [1.29, 1.82) is 0 Å². The van der Waals surface area contributed by atoms with Gasteiger partial charge in [0.1, 0.15) is 5.76 Å². The SMILES string of the molecule is CC.CC.CC(C)c1coc(CNC2=NS(=O)N=C2Nc2ccc(Br)c(C(=O)N(C)C)c2O)c1. The number of rotatable bonds is 5. The van der Waals surface area contributed by atoms with Crippen molar-refractivity contribution in [2.75, 3.05) is 19.4 Å². The van der Waals surface area contributed by atoms with E-state index >= 15 is 0 Å². The smallest absolute Gasteiger partial charge is 0.269 e. The van der Waals surface area contributed by atoms with Gasteiger partial charge in [0, 0.05) is 18.6 Å². The van der Waals surface area contributed by atoms with Crippen molar-refractivity contribution in [3.05, 3.63) is 45.8 Å². The summed E-state index contributed by atoms with van der Waals surface area (Å²) in [6.07, 6.45) is 1.70. The second-order valence-corrected chi connectivity index (χ2v) is 8.79. The minimum atomic E-state index is -1.79. The number of nitrogens with zero attached hydrogens (tertiary/aromatic N) is 3. The molecule has 0 bridgehead atoms. The van der Waals surface area contributed by atoms with E-state index in [4.69, 9.17) is 4.42 Å². The van der Waals surface area contributed by atoms with E-state index in [9.17, 15) is 14.1 Å². The number of anilines is 1. The van der Waals surface area contributed by atoms with Crippen molar-refractivity contribution in [3.8, 4) is 5.75 Å². The molecule has 3 rings (SSSR count). The standard InChI is InChI=1S/C19H22BrN5O4S.2C2H6/c1-10(2)11-7-12(29-9-11)8-21-17-18(24-30(28)23-17)22-14-6-5-13(20)15(16(14)26)19(27)25(3)4;2*1-2/h5-7,9-10,26H,8H2,1-4H3,(H,21,23)(H,22,24);2*1-2H3. The van der Waals surface area contributed by atoms with Gasteiger partial charge in [-0.2, -0.15) is 0 Å². The van der Waals surface area contributed by atoms with Gasteiger partial charge in [-0.3, -0.25) is 4.79 Å². The van der Waals surface area contributed by atoms with Crippen LogP contribution in [0.15, 0.2) is 42.1 Å². The zero-order valence-corrected chi connectivity index (χ0v) is 23.3. The van der Waals surface area contributed by atoms with Crippen molar-refractivity contribution in [2.45, 2.75) is 54.0 Å². The van der Waals surface area contributed by atoms with Crippen LogP contribution in [0.1, 0.15) is 69.1 Å². The highest BCUT2D eigenvalue weighted by Crippen LogP contribution is 2.34. The molecule has 2 aromatic rings. The molecule has 2 heterocycles. The van der Waals surface area contributed by atoms with Crippen molar-refractivity contribution in [1.82, 2.24) is 10.2 Å². The Morgan fingerprint density at radius 3 is 2.35 bits per heavy atom.